The average Bonchev–Trinajstić information content (AvgIpc) is 2.61. The van der Waals surface area contributed by atoms with E-state index in [4.69, 9.17) is 4.74 Å². The zero-order chi connectivity index (χ0) is 17.2. The lowest BCUT2D eigenvalue weighted by molar-refractivity contribution is -0.137. The lowest BCUT2D eigenvalue weighted by atomic mass is 10.1. The number of nitrogens with zero attached hydrogens (tertiary/aromatic N) is 1. The third-order valence-corrected chi connectivity index (χ3v) is 3.83. The van der Waals surface area contributed by atoms with Crippen molar-refractivity contribution in [3.63, 3.8) is 0 Å². The van der Waals surface area contributed by atoms with E-state index in [0.717, 1.165) is 13.1 Å². The van der Waals surface area contributed by atoms with Gasteiger partial charge in [0.15, 0.2) is 0 Å². The quantitative estimate of drug-likeness (QED) is 0.539. The van der Waals surface area contributed by atoms with Gasteiger partial charge >= 0.3 is 5.97 Å². The first kappa shape index (κ1) is 18.0. The molecule has 1 atom stereocenters. The van der Waals surface area contributed by atoms with Crippen molar-refractivity contribution in [2.45, 2.75) is 33.0 Å². The highest BCUT2D eigenvalue weighted by molar-refractivity contribution is 5.81. The highest BCUT2D eigenvalue weighted by Crippen LogP contribution is 2.14. The highest BCUT2D eigenvalue weighted by atomic mass is 16.5. The van der Waals surface area contributed by atoms with Gasteiger partial charge in [-0.25, -0.2) is 4.79 Å². The maximum atomic E-state index is 11.6. The molecule has 0 N–H and O–H groups in total. The Bertz CT molecular complexity index is 596. The molecule has 0 aliphatic heterocycles. The molecule has 0 bridgehead atoms. The molecule has 0 aliphatic rings. The number of carbonyl (C=O) groups excluding carboxylic acids is 1. The standard InChI is InChI=1S/C21H25NO2/c1-3-24-21(23)15-14-18(2)22(16-19-10-6-4-7-11-19)17-20-12-8-5-9-13-20/h4-15,18H,3,16-17H2,1-2H3/b15-14+. The van der Waals surface area contributed by atoms with Crippen LogP contribution in [0.3, 0.4) is 0 Å². The maximum Gasteiger partial charge on any atom is 0.330 e. The van der Waals surface area contributed by atoms with Gasteiger partial charge in [0.05, 0.1) is 6.61 Å². The molecule has 0 heterocycles. The number of hydrogen-bond acceptors (Lipinski definition) is 3. The fraction of sp³-hybridized carbons (Fsp3) is 0.286. The maximum absolute atomic E-state index is 11.6. The van der Waals surface area contributed by atoms with Gasteiger partial charge in [0, 0.05) is 25.2 Å². The average molecular weight is 323 g/mol. The Morgan fingerprint density at radius 3 is 1.96 bits per heavy atom. The summed E-state index contributed by atoms with van der Waals surface area (Å²) < 4.78 is 4.96. The van der Waals surface area contributed by atoms with Gasteiger partial charge in [-0.1, -0.05) is 66.7 Å². The summed E-state index contributed by atoms with van der Waals surface area (Å²) in [6.07, 6.45) is 3.43. The molecule has 0 saturated carbocycles. The molecule has 0 spiro atoms. The van der Waals surface area contributed by atoms with Gasteiger partial charge in [0.25, 0.3) is 0 Å². The number of carbonyl (C=O) groups is 1. The summed E-state index contributed by atoms with van der Waals surface area (Å²) in [5.74, 6) is -0.288. The van der Waals surface area contributed by atoms with Crippen LogP contribution in [0.1, 0.15) is 25.0 Å². The first-order chi connectivity index (χ1) is 11.7. The molecule has 24 heavy (non-hydrogen) atoms. The van der Waals surface area contributed by atoms with Crippen molar-refractivity contribution in [3.05, 3.63) is 83.9 Å². The van der Waals surface area contributed by atoms with Crippen LogP contribution in [0.25, 0.3) is 0 Å². The van der Waals surface area contributed by atoms with Gasteiger partial charge < -0.3 is 4.74 Å². The third-order valence-electron chi connectivity index (χ3n) is 3.83. The van der Waals surface area contributed by atoms with Gasteiger partial charge in [-0.3, -0.25) is 4.90 Å². The number of ether oxygens (including phenoxy) is 1. The van der Waals surface area contributed by atoms with Crippen LogP contribution in [0.15, 0.2) is 72.8 Å². The van der Waals surface area contributed by atoms with E-state index in [1.54, 1.807) is 0 Å². The van der Waals surface area contributed by atoms with Crippen molar-refractivity contribution in [2.24, 2.45) is 0 Å². The monoisotopic (exact) mass is 323 g/mol. The fourth-order valence-electron chi connectivity index (χ4n) is 2.51. The van der Waals surface area contributed by atoms with Crippen molar-refractivity contribution >= 4 is 5.97 Å². The Balaban J connectivity index is 2.10. The van der Waals surface area contributed by atoms with Crippen LogP contribution in [-0.4, -0.2) is 23.5 Å². The predicted molar refractivity (Wildman–Crippen MR) is 97.4 cm³/mol. The van der Waals surface area contributed by atoms with Crippen molar-refractivity contribution in [2.75, 3.05) is 6.61 Å². The second-order valence-corrected chi connectivity index (χ2v) is 5.73. The van der Waals surface area contributed by atoms with Crippen LogP contribution in [0.4, 0.5) is 0 Å². The SMILES string of the molecule is CCOC(=O)/C=C/C(C)N(Cc1ccccc1)Cc1ccccc1. The summed E-state index contributed by atoms with van der Waals surface area (Å²) >= 11 is 0. The molecule has 126 valence electrons. The summed E-state index contributed by atoms with van der Waals surface area (Å²) in [4.78, 5) is 13.9. The molecule has 0 amide bonds. The largest absolute Gasteiger partial charge is 0.463 e. The van der Waals surface area contributed by atoms with E-state index in [1.165, 1.54) is 17.2 Å². The lowest BCUT2D eigenvalue weighted by Crippen LogP contribution is -2.31. The minimum Gasteiger partial charge on any atom is -0.463 e. The molecule has 1 unspecified atom stereocenters. The third kappa shape index (κ3) is 6.01. The van der Waals surface area contributed by atoms with Crippen molar-refractivity contribution in [3.8, 4) is 0 Å². The minimum atomic E-state index is -0.288. The molecular formula is C21H25NO2. The van der Waals surface area contributed by atoms with Crippen molar-refractivity contribution in [1.29, 1.82) is 0 Å². The summed E-state index contributed by atoms with van der Waals surface area (Å²) in [6.45, 7) is 5.96. The fourth-order valence-corrected chi connectivity index (χ4v) is 2.51. The molecule has 2 rings (SSSR count). The van der Waals surface area contributed by atoms with E-state index < -0.39 is 0 Å². The Labute approximate surface area is 144 Å². The van der Waals surface area contributed by atoms with Gasteiger partial charge in [0.2, 0.25) is 0 Å². The molecular weight excluding hydrogens is 298 g/mol. The molecule has 3 nitrogen and oxygen atoms in total. The number of esters is 1. The summed E-state index contributed by atoms with van der Waals surface area (Å²) in [5.41, 5.74) is 2.51. The van der Waals surface area contributed by atoms with E-state index in [2.05, 4.69) is 60.4 Å². The Hall–Kier alpha value is -2.39. The smallest absolute Gasteiger partial charge is 0.330 e. The topological polar surface area (TPSA) is 29.5 Å². The summed E-state index contributed by atoms with van der Waals surface area (Å²) in [5, 5.41) is 0. The van der Waals surface area contributed by atoms with Crippen LogP contribution < -0.4 is 0 Å². The van der Waals surface area contributed by atoms with Crippen LogP contribution in [0.5, 0.6) is 0 Å². The minimum absolute atomic E-state index is 0.120. The molecule has 0 aliphatic carbocycles. The van der Waals surface area contributed by atoms with Crippen molar-refractivity contribution in [1.82, 2.24) is 4.90 Å². The molecule has 0 fully saturated rings. The van der Waals surface area contributed by atoms with Crippen LogP contribution in [0, 0.1) is 0 Å². The molecule has 0 saturated heterocycles. The normalized spacial score (nSPS) is 12.5. The van der Waals surface area contributed by atoms with E-state index in [-0.39, 0.29) is 12.0 Å². The van der Waals surface area contributed by atoms with E-state index in [9.17, 15) is 4.79 Å². The lowest BCUT2D eigenvalue weighted by Gasteiger charge is -2.27. The first-order valence-corrected chi connectivity index (χ1v) is 8.36. The van der Waals surface area contributed by atoms with Crippen molar-refractivity contribution < 1.29 is 9.53 Å². The van der Waals surface area contributed by atoms with Crippen LogP contribution in [0.2, 0.25) is 0 Å². The highest BCUT2D eigenvalue weighted by Gasteiger charge is 2.13. The van der Waals surface area contributed by atoms with E-state index in [0.29, 0.717) is 6.61 Å². The molecule has 3 heteroatoms. The second-order valence-electron chi connectivity index (χ2n) is 5.73. The molecule has 2 aromatic rings. The molecule has 0 radical (unpaired) electrons. The van der Waals surface area contributed by atoms with Crippen LogP contribution in [-0.2, 0) is 22.6 Å². The van der Waals surface area contributed by atoms with E-state index >= 15 is 0 Å². The summed E-state index contributed by atoms with van der Waals surface area (Å²) in [6, 6.07) is 20.9. The Morgan fingerprint density at radius 1 is 1.00 bits per heavy atom. The van der Waals surface area contributed by atoms with Gasteiger partial charge in [-0.2, -0.15) is 0 Å². The zero-order valence-electron chi connectivity index (χ0n) is 14.4. The Morgan fingerprint density at radius 2 is 1.50 bits per heavy atom. The number of rotatable bonds is 8. The number of hydrogen-bond donors (Lipinski definition) is 0. The summed E-state index contributed by atoms with van der Waals surface area (Å²) in [7, 11) is 0. The molecule has 0 aromatic heterocycles. The van der Waals surface area contributed by atoms with Crippen LogP contribution >= 0.6 is 0 Å². The first-order valence-electron chi connectivity index (χ1n) is 8.36. The van der Waals surface area contributed by atoms with Gasteiger partial charge in [-0.05, 0) is 25.0 Å². The van der Waals surface area contributed by atoms with Gasteiger partial charge in [0.1, 0.15) is 0 Å². The van der Waals surface area contributed by atoms with E-state index in [1.807, 2.05) is 25.1 Å². The Kier molecular flexibility index (Phi) is 7.24. The predicted octanol–water partition coefficient (Wildman–Crippen LogP) is 4.20. The second kappa shape index (κ2) is 9.68. The zero-order valence-corrected chi connectivity index (χ0v) is 14.4. The molecule has 2 aromatic carbocycles. The van der Waals surface area contributed by atoms with Gasteiger partial charge in [-0.15, -0.1) is 0 Å². The number of benzene rings is 2.